The molecule has 2 aromatic carbocycles. The second-order valence-electron chi connectivity index (χ2n) is 7.39. The maximum Gasteiger partial charge on any atom is 0.140 e. The van der Waals surface area contributed by atoms with E-state index in [1.54, 1.807) is 0 Å². The molecule has 0 spiro atoms. The molecule has 0 fully saturated rings. The van der Waals surface area contributed by atoms with Crippen LogP contribution in [0.2, 0.25) is 0 Å². The molecule has 0 aliphatic carbocycles. The fourth-order valence-corrected chi connectivity index (χ4v) is 3.92. The molecule has 0 atom stereocenters. The maximum atomic E-state index is 4.96. The molecule has 4 nitrogen and oxygen atoms in total. The van der Waals surface area contributed by atoms with Gasteiger partial charge in [0.1, 0.15) is 11.6 Å². The monoisotopic (exact) mass is 346 g/mol. The topological polar surface area (TPSA) is 35.6 Å². The van der Waals surface area contributed by atoms with Crippen molar-refractivity contribution < 1.29 is 0 Å². The van der Waals surface area contributed by atoms with Crippen LogP contribution in [0.1, 0.15) is 44.6 Å². The maximum absolute atomic E-state index is 4.96. The summed E-state index contributed by atoms with van der Waals surface area (Å²) < 4.78 is 4.57. The molecule has 0 aliphatic heterocycles. The van der Waals surface area contributed by atoms with Crippen LogP contribution in [0.5, 0.6) is 0 Å². The van der Waals surface area contributed by atoms with Crippen molar-refractivity contribution in [2.24, 2.45) is 7.05 Å². The summed E-state index contributed by atoms with van der Waals surface area (Å²) in [5.74, 6) is 2.19. The predicted molar refractivity (Wildman–Crippen MR) is 109 cm³/mol. The Balaban J connectivity index is 1.99. The first kappa shape index (κ1) is 16.8. The highest BCUT2D eigenvalue weighted by Crippen LogP contribution is 2.31. The van der Waals surface area contributed by atoms with Gasteiger partial charge in [0, 0.05) is 25.1 Å². The van der Waals surface area contributed by atoms with Gasteiger partial charge < -0.3 is 9.13 Å². The fraction of sp³-hybridized carbons (Fsp3) is 0.364. The van der Waals surface area contributed by atoms with Crippen LogP contribution in [0.3, 0.4) is 0 Å². The van der Waals surface area contributed by atoms with E-state index in [9.17, 15) is 0 Å². The summed E-state index contributed by atoms with van der Waals surface area (Å²) in [6, 6.07) is 13.2. The van der Waals surface area contributed by atoms with Gasteiger partial charge in [-0.2, -0.15) is 0 Å². The van der Waals surface area contributed by atoms with Crippen molar-refractivity contribution in [3.8, 4) is 11.4 Å². The number of imidazole rings is 2. The van der Waals surface area contributed by atoms with Gasteiger partial charge in [0.25, 0.3) is 0 Å². The lowest BCUT2D eigenvalue weighted by atomic mass is 10.1. The minimum atomic E-state index is 0.386. The van der Waals surface area contributed by atoms with Crippen LogP contribution in [0.15, 0.2) is 36.4 Å². The van der Waals surface area contributed by atoms with E-state index < -0.39 is 0 Å². The van der Waals surface area contributed by atoms with Crippen molar-refractivity contribution in [1.82, 2.24) is 19.1 Å². The van der Waals surface area contributed by atoms with E-state index in [-0.39, 0.29) is 0 Å². The molecule has 0 unspecified atom stereocenters. The lowest BCUT2D eigenvalue weighted by molar-refractivity contribution is 0.580. The minimum Gasteiger partial charge on any atom is -0.327 e. The van der Waals surface area contributed by atoms with Crippen LogP contribution in [0.4, 0.5) is 0 Å². The van der Waals surface area contributed by atoms with E-state index >= 15 is 0 Å². The number of benzene rings is 2. The third kappa shape index (κ3) is 2.52. The van der Waals surface area contributed by atoms with Gasteiger partial charge in [0.15, 0.2) is 0 Å². The second-order valence-corrected chi connectivity index (χ2v) is 7.39. The molecular formula is C22H26N4. The van der Waals surface area contributed by atoms with Gasteiger partial charge in [-0.25, -0.2) is 9.97 Å². The van der Waals surface area contributed by atoms with Gasteiger partial charge in [-0.1, -0.05) is 19.1 Å². The summed E-state index contributed by atoms with van der Waals surface area (Å²) in [5, 5.41) is 0. The standard InChI is InChI=1S/C22H26N4/c1-6-9-20-24-21-15(4)12-16(13-19(21)26(20)14(2)3)22-23-17-10-7-8-11-18(17)25(22)5/h7-8,10-14H,6,9H2,1-5H3. The molecule has 0 saturated heterocycles. The van der Waals surface area contributed by atoms with Crippen molar-refractivity contribution in [2.75, 3.05) is 0 Å². The van der Waals surface area contributed by atoms with E-state index in [0.29, 0.717) is 6.04 Å². The van der Waals surface area contributed by atoms with Gasteiger partial charge in [0.05, 0.1) is 22.1 Å². The van der Waals surface area contributed by atoms with Crippen molar-refractivity contribution in [3.05, 3.63) is 47.8 Å². The molecule has 0 aliphatic rings. The quantitative estimate of drug-likeness (QED) is 0.494. The zero-order valence-electron chi connectivity index (χ0n) is 16.2. The molecule has 2 aromatic heterocycles. The van der Waals surface area contributed by atoms with Crippen molar-refractivity contribution >= 4 is 22.1 Å². The first-order valence-electron chi connectivity index (χ1n) is 9.44. The van der Waals surface area contributed by atoms with Gasteiger partial charge >= 0.3 is 0 Å². The number of fused-ring (bicyclic) bond motifs is 2. The second kappa shape index (κ2) is 6.27. The van der Waals surface area contributed by atoms with Crippen LogP contribution in [0.25, 0.3) is 33.5 Å². The van der Waals surface area contributed by atoms with Crippen LogP contribution < -0.4 is 0 Å². The van der Waals surface area contributed by atoms with Crippen molar-refractivity contribution in [3.63, 3.8) is 0 Å². The number of nitrogens with zero attached hydrogens (tertiary/aromatic N) is 4. The SMILES string of the molecule is CCCc1nc2c(C)cc(-c3nc4ccccc4n3C)cc2n1C(C)C. The van der Waals surface area contributed by atoms with Gasteiger partial charge in [0.2, 0.25) is 0 Å². The Labute approximate surface area is 154 Å². The molecular weight excluding hydrogens is 320 g/mol. The minimum absolute atomic E-state index is 0.386. The van der Waals surface area contributed by atoms with Gasteiger partial charge in [-0.15, -0.1) is 0 Å². The van der Waals surface area contributed by atoms with Gasteiger partial charge in [-0.05, 0) is 57.0 Å². The summed E-state index contributed by atoms with van der Waals surface area (Å²) in [7, 11) is 2.09. The first-order valence-corrected chi connectivity index (χ1v) is 9.44. The summed E-state index contributed by atoms with van der Waals surface area (Å²) in [5.41, 5.74) is 6.88. The van der Waals surface area contributed by atoms with Crippen LogP contribution in [-0.2, 0) is 13.5 Å². The number of para-hydroxylation sites is 2. The molecule has 0 amide bonds. The van der Waals surface area contributed by atoms with Crippen molar-refractivity contribution in [2.45, 2.75) is 46.6 Å². The third-order valence-electron chi connectivity index (χ3n) is 5.09. The highest BCUT2D eigenvalue weighted by atomic mass is 15.1. The molecule has 26 heavy (non-hydrogen) atoms. The number of hydrogen-bond acceptors (Lipinski definition) is 2. The average molecular weight is 346 g/mol. The lowest BCUT2D eigenvalue weighted by Gasteiger charge is -2.13. The molecule has 4 rings (SSSR count). The Morgan fingerprint density at radius 1 is 1.04 bits per heavy atom. The van der Waals surface area contributed by atoms with Crippen LogP contribution >= 0.6 is 0 Å². The van der Waals surface area contributed by atoms with E-state index in [1.165, 1.54) is 16.9 Å². The molecule has 0 bridgehead atoms. The van der Waals surface area contributed by atoms with E-state index in [2.05, 4.69) is 74.2 Å². The lowest BCUT2D eigenvalue weighted by Crippen LogP contribution is -2.06. The Bertz CT molecular complexity index is 1100. The van der Waals surface area contributed by atoms with Crippen LogP contribution in [0, 0.1) is 6.92 Å². The summed E-state index contributed by atoms with van der Waals surface area (Å²) in [6.45, 7) is 8.83. The zero-order valence-corrected chi connectivity index (χ0v) is 16.2. The Morgan fingerprint density at radius 3 is 2.50 bits per heavy atom. The Morgan fingerprint density at radius 2 is 1.81 bits per heavy atom. The summed E-state index contributed by atoms with van der Waals surface area (Å²) in [4.78, 5) is 9.84. The number of aromatic nitrogens is 4. The molecule has 2 heterocycles. The average Bonchev–Trinajstić information content (AvgIpc) is 3.14. The molecule has 4 heteroatoms. The Kier molecular flexibility index (Phi) is 4.06. The number of rotatable bonds is 4. The van der Waals surface area contributed by atoms with Gasteiger partial charge in [-0.3, -0.25) is 0 Å². The molecule has 0 radical (unpaired) electrons. The highest BCUT2D eigenvalue weighted by molar-refractivity contribution is 5.87. The zero-order chi connectivity index (χ0) is 18.4. The van der Waals surface area contributed by atoms with E-state index in [4.69, 9.17) is 9.97 Å². The molecule has 0 N–H and O–H groups in total. The normalized spacial score (nSPS) is 11.9. The van der Waals surface area contributed by atoms with Crippen LogP contribution in [-0.4, -0.2) is 19.1 Å². The molecule has 4 aromatic rings. The van der Waals surface area contributed by atoms with Crippen molar-refractivity contribution in [1.29, 1.82) is 0 Å². The molecule has 0 saturated carbocycles. The predicted octanol–water partition coefficient (Wildman–Crippen LogP) is 5.43. The van der Waals surface area contributed by atoms with E-state index in [1.807, 2.05) is 6.07 Å². The third-order valence-corrected chi connectivity index (χ3v) is 5.09. The number of hydrogen-bond donors (Lipinski definition) is 0. The highest BCUT2D eigenvalue weighted by Gasteiger charge is 2.17. The smallest absolute Gasteiger partial charge is 0.140 e. The largest absolute Gasteiger partial charge is 0.327 e. The summed E-state index contributed by atoms with van der Waals surface area (Å²) in [6.07, 6.45) is 2.11. The Hall–Kier alpha value is -2.62. The summed E-state index contributed by atoms with van der Waals surface area (Å²) >= 11 is 0. The first-order chi connectivity index (χ1) is 12.5. The number of aryl methyl sites for hydroxylation is 3. The molecule has 134 valence electrons. The fourth-order valence-electron chi connectivity index (χ4n) is 3.92. The van der Waals surface area contributed by atoms with E-state index in [0.717, 1.165) is 40.8 Å².